The van der Waals surface area contributed by atoms with Crippen molar-refractivity contribution < 1.29 is 9.90 Å². The van der Waals surface area contributed by atoms with Gasteiger partial charge in [-0.05, 0) is 61.5 Å². The van der Waals surface area contributed by atoms with Gasteiger partial charge >= 0.3 is 0 Å². The Labute approximate surface area is 154 Å². The number of carbonyl (C=O) groups excluding carboxylic acids is 1. The van der Waals surface area contributed by atoms with Crippen LogP contribution in [0.25, 0.3) is 5.70 Å². The van der Waals surface area contributed by atoms with Gasteiger partial charge in [-0.1, -0.05) is 5.92 Å². The highest BCUT2D eigenvalue weighted by Gasteiger charge is 2.45. The van der Waals surface area contributed by atoms with E-state index < -0.39 is 6.10 Å². The van der Waals surface area contributed by atoms with Crippen LogP contribution in [0.4, 0.5) is 0 Å². The van der Waals surface area contributed by atoms with E-state index in [9.17, 15) is 9.90 Å². The molecule has 0 amide bonds. The number of fused-ring (bicyclic) bond motifs is 1. The van der Waals surface area contributed by atoms with Gasteiger partial charge in [0, 0.05) is 31.3 Å². The van der Waals surface area contributed by atoms with Gasteiger partial charge in [-0.3, -0.25) is 9.78 Å². The number of ketones is 1. The highest BCUT2D eigenvalue weighted by Crippen LogP contribution is 2.54. The van der Waals surface area contributed by atoms with Gasteiger partial charge in [0.25, 0.3) is 0 Å². The zero-order chi connectivity index (χ0) is 17.9. The summed E-state index contributed by atoms with van der Waals surface area (Å²) in [6, 6.07) is 1.99. The van der Waals surface area contributed by atoms with Crippen LogP contribution in [0.1, 0.15) is 61.4 Å². The molecule has 4 nitrogen and oxygen atoms in total. The first-order valence-electron chi connectivity index (χ1n) is 9.76. The predicted octanol–water partition coefficient (Wildman–Crippen LogP) is 2.87. The number of hydrogen-bond donors (Lipinski definition) is 1. The van der Waals surface area contributed by atoms with E-state index in [-0.39, 0.29) is 5.78 Å². The Morgan fingerprint density at radius 1 is 1.27 bits per heavy atom. The van der Waals surface area contributed by atoms with Gasteiger partial charge in [-0.2, -0.15) is 0 Å². The topological polar surface area (TPSA) is 53.4 Å². The number of aliphatic hydroxyl groups excluding tert-OH is 1. The number of carbonyl (C=O) groups is 1. The molecule has 0 radical (unpaired) electrons. The minimum absolute atomic E-state index is 0.0130. The van der Waals surface area contributed by atoms with E-state index in [2.05, 4.69) is 15.8 Å². The molecule has 2 saturated carbocycles. The Bertz CT molecular complexity index is 845. The van der Waals surface area contributed by atoms with Gasteiger partial charge < -0.3 is 10.0 Å². The first kappa shape index (κ1) is 16.1. The molecule has 4 aliphatic rings. The van der Waals surface area contributed by atoms with Crippen molar-refractivity contribution in [3.05, 3.63) is 34.7 Å². The molecule has 3 fully saturated rings. The molecule has 0 unspecified atom stereocenters. The molecule has 1 saturated heterocycles. The number of likely N-dealkylation sites (tertiary alicyclic amines) is 1. The smallest absolute Gasteiger partial charge is 0.177 e. The summed E-state index contributed by atoms with van der Waals surface area (Å²) in [5.41, 5.74) is 4.63. The highest BCUT2D eigenvalue weighted by molar-refractivity contribution is 6.10. The lowest BCUT2D eigenvalue weighted by Gasteiger charge is -2.38. The van der Waals surface area contributed by atoms with Crippen LogP contribution >= 0.6 is 0 Å². The van der Waals surface area contributed by atoms with E-state index in [0.29, 0.717) is 29.0 Å². The van der Waals surface area contributed by atoms with Crippen LogP contribution in [-0.4, -0.2) is 33.9 Å². The van der Waals surface area contributed by atoms with Gasteiger partial charge in [0.05, 0.1) is 23.1 Å². The van der Waals surface area contributed by atoms with E-state index in [4.69, 9.17) is 6.42 Å². The Kier molecular flexibility index (Phi) is 3.52. The fourth-order valence-corrected chi connectivity index (χ4v) is 4.56. The Balaban J connectivity index is 1.55. The summed E-state index contributed by atoms with van der Waals surface area (Å²) in [6.07, 6.45) is 14.5. The summed E-state index contributed by atoms with van der Waals surface area (Å²) in [6.45, 7) is 1.91. The molecule has 2 heterocycles. The molecule has 0 aromatic carbocycles. The number of pyridine rings is 1. The third-order valence-corrected chi connectivity index (χ3v) is 6.74. The molecule has 1 spiro atoms. The molecule has 0 bridgehead atoms. The van der Waals surface area contributed by atoms with Crippen molar-refractivity contribution in [3.63, 3.8) is 0 Å². The number of aliphatic hydroxyl groups is 1. The fourth-order valence-electron chi connectivity index (χ4n) is 4.56. The summed E-state index contributed by atoms with van der Waals surface area (Å²) in [7, 11) is 0. The second-order valence-corrected chi connectivity index (χ2v) is 8.50. The van der Waals surface area contributed by atoms with E-state index in [0.717, 1.165) is 42.8 Å². The average molecular weight is 348 g/mol. The number of hydrogen-bond acceptors (Lipinski definition) is 4. The Morgan fingerprint density at radius 2 is 2.00 bits per heavy atom. The van der Waals surface area contributed by atoms with Crippen molar-refractivity contribution >= 4 is 11.5 Å². The minimum Gasteiger partial charge on any atom is -0.387 e. The molecule has 1 aliphatic heterocycles. The van der Waals surface area contributed by atoms with Gasteiger partial charge in [0.2, 0.25) is 0 Å². The van der Waals surface area contributed by atoms with E-state index >= 15 is 0 Å². The lowest BCUT2D eigenvalue weighted by Crippen LogP contribution is -2.36. The second-order valence-electron chi connectivity index (χ2n) is 8.50. The van der Waals surface area contributed by atoms with E-state index in [1.54, 1.807) is 6.20 Å². The summed E-state index contributed by atoms with van der Waals surface area (Å²) in [5.74, 6) is 3.01. The molecule has 5 rings (SSSR count). The standard InChI is InChI=1S/C22H24N2O2/c1-2-16-19(25)11-15-13-23-18(21(26)14-3-4-14)12-17(15)20(16)24-9-7-22(5-6-22)8-10-24/h1,12-14,21,26H,3-11H2/t21-/m0/s1. The maximum atomic E-state index is 12.6. The quantitative estimate of drug-likeness (QED) is 0.854. The zero-order valence-electron chi connectivity index (χ0n) is 15.0. The number of piperidine rings is 1. The van der Waals surface area contributed by atoms with Crippen molar-refractivity contribution in [1.82, 2.24) is 9.88 Å². The maximum Gasteiger partial charge on any atom is 0.177 e. The number of aromatic nitrogens is 1. The second kappa shape index (κ2) is 5.69. The Hall–Kier alpha value is -2.12. The third-order valence-electron chi connectivity index (χ3n) is 6.74. The average Bonchev–Trinajstić information content (AvgIpc) is 3.57. The number of terminal acetylenes is 1. The van der Waals surface area contributed by atoms with Crippen molar-refractivity contribution in [2.24, 2.45) is 11.3 Å². The largest absolute Gasteiger partial charge is 0.387 e. The Morgan fingerprint density at radius 3 is 2.62 bits per heavy atom. The fraction of sp³-hybridized carbons (Fsp3) is 0.545. The van der Waals surface area contributed by atoms with Crippen LogP contribution in [0.3, 0.4) is 0 Å². The number of Topliss-reactive ketones (excluding diaryl/α,β-unsaturated/α-hetero) is 1. The molecule has 26 heavy (non-hydrogen) atoms. The van der Waals surface area contributed by atoms with Gasteiger partial charge in [-0.15, -0.1) is 6.42 Å². The van der Waals surface area contributed by atoms with Crippen LogP contribution in [0.5, 0.6) is 0 Å². The van der Waals surface area contributed by atoms with Crippen molar-refractivity contribution in [2.75, 3.05) is 13.1 Å². The lowest BCUT2D eigenvalue weighted by molar-refractivity contribution is -0.114. The molecule has 4 heteroatoms. The third kappa shape index (κ3) is 2.57. The normalized spacial score (nSPS) is 25.1. The minimum atomic E-state index is -0.510. The van der Waals surface area contributed by atoms with Crippen molar-refractivity contribution in [2.45, 2.75) is 51.0 Å². The molecule has 3 aliphatic carbocycles. The van der Waals surface area contributed by atoms with Gasteiger partial charge in [0.1, 0.15) is 0 Å². The summed E-state index contributed by atoms with van der Waals surface area (Å²) in [4.78, 5) is 19.4. The van der Waals surface area contributed by atoms with Crippen molar-refractivity contribution in [1.29, 1.82) is 0 Å². The van der Waals surface area contributed by atoms with Crippen LogP contribution < -0.4 is 0 Å². The molecule has 134 valence electrons. The molecule has 1 aromatic rings. The van der Waals surface area contributed by atoms with E-state index in [1.807, 2.05) is 6.07 Å². The summed E-state index contributed by atoms with van der Waals surface area (Å²) in [5, 5.41) is 10.5. The van der Waals surface area contributed by atoms with Gasteiger partial charge in [-0.25, -0.2) is 0 Å². The van der Waals surface area contributed by atoms with Crippen molar-refractivity contribution in [3.8, 4) is 12.3 Å². The molecule has 1 atom stereocenters. The van der Waals surface area contributed by atoms with Crippen LogP contribution in [-0.2, 0) is 11.2 Å². The number of nitrogens with zero attached hydrogens (tertiary/aromatic N) is 2. The van der Waals surface area contributed by atoms with Crippen LogP contribution in [0, 0.1) is 23.7 Å². The first-order chi connectivity index (χ1) is 12.6. The molecule has 1 N–H and O–H groups in total. The summed E-state index contributed by atoms with van der Waals surface area (Å²) >= 11 is 0. The molecular weight excluding hydrogens is 324 g/mol. The molecular formula is C22H24N2O2. The SMILES string of the molecule is C#CC1=C(N2CCC3(CC2)CC3)c2cc([C@@H](O)C3CC3)ncc2CC1=O. The van der Waals surface area contributed by atoms with Crippen LogP contribution in [0.2, 0.25) is 0 Å². The molecule has 1 aromatic heterocycles. The number of rotatable bonds is 3. The summed E-state index contributed by atoms with van der Waals surface area (Å²) < 4.78 is 0. The monoisotopic (exact) mass is 348 g/mol. The first-order valence-corrected chi connectivity index (χ1v) is 9.76. The lowest BCUT2D eigenvalue weighted by atomic mass is 9.86. The zero-order valence-corrected chi connectivity index (χ0v) is 15.0. The maximum absolute atomic E-state index is 12.6. The number of allylic oxidation sites excluding steroid dienone is 1. The highest BCUT2D eigenvalue weighted by atomic mass is 16.3. The predicted molar refractivity (Wildman–Crippen MR) is 98.9 cm³/mol. The van der Waals surface area contributed by atoms with E-state index in [1.165, 1.54) is 25.7 Å². The van der Waals surface area contributed by atoms with Gasteiger partial charge in [0.15, 0.2) is 5.78 Å². The van der Waals surface area contributed by atoms with Crippen LogP contribution in [0.15, 0.2) is 17.8 Å².